The number of carbonyl (C=O) groups excluding carboxylic acids is 2. The molecule has 0 bridgehead atoms. The first-order valence-corrected chi connectivity index (χ1v) is 6.86. The molecule has 5 nitrogen and oxygen atoms in total. The highest BCUT2D eigenvalue weighted by Crippen LogP contribution is 2.15. The number of amides is 2. The molecule has 1 rings (SSSR count). The first-order valence-electron chi connectivity index (χ1n) is 6.86. The van der Waals surface area contributed by atoms with E-state index in [9.17, 15) is 9.59 Å². The van der Waals surface area contributed by atoms with Crippen molar-refractivity contribution in [2.45, 2.75) is 39.2 Å². The summed E-state index contributed by atoms with van der Waals surface area (Å²) >= 11 is 0. The van der Waals surface area contributed by atoms with Crippen LogP contribution in [-0.2, 0) is 16.2 Å². The molecule has 20 heavy (non-hydrogen) atoms. The van der Waals surface area contributed by atoms with E-state index in [1.807, 2.05) is 12.1 Å². The van der Waals surface area contributed by atoms with Crippen molar-refractivity contribution >= 4 is 17.5 Å². The SMILES string of the molecule is CC(=O)NCCCCCC(=O)Nc1ccccc1CO. The zero-order valence-corrected chi connectivity index (χ0v) is 11.8. The van der Waals surface area contributed by atoms with E-state index < -0.39 is 0 Å². The molecule has 5 heteroatoms. The Balaban J connectivity index is 2.22. The van der Waals surface area contributed by atoms with Gasteiger partial charge in [0.05, 0.1) is 6.61 Å². The molecule has 3 N–H and O–H groups in total. The van der Waals surface area contributed by atoms with Gasteiger partial charge in [-0.15, -0.1) is 0 Å². The summed E-state index contributed by atoms with van der Waals surface area (Å²) in [6, 6.07) is 7.20. The van der Waals surface area contributed by atoms with E-state index >= 15 is 0 Å². The smallest absolute Gasteiger partial charge is 0.224 e. The molecule has 0 aliphatic rings. The summed E-state index contributed by atoms with van der Waals surface area (Å²) in [5.41, 5.74) is 1.38. The molecule has 0 saturated carbocycles. The second-order valence-electron chi connectivity index (χ2n) is 4.66. The van der Waals surface area contributed by atoms with Gasteiger partial charge in [0.25, 0.3) is 0 Å². The summed E-state index contributed by atoms with van der Waals surface area (Å²) in [5.74, 6) is -0.0752. The summed E-state index contributed by atoms with van der Waals surface area (Å²) in [7, 11) is 0. The minimum Gasteiger partial charge on any atom is -0.392 e. The summed E-state index contributed by atoms with van der Waals surface area (Å²) in [4.78, 5) is 22.4. The number of carbonyl (C=O) groups is 2. The van der Waals surface area contributed by atoms with Gasteiger partial charge < -0.3 is 15.7 Å². The van der Waals surface area contributed by atoms with E-state index in [1.165, 1.54) is 6.92 Å². The lowest BCUT2D eigenvalue weighted by molar-refractivity contribution is -0.119. The first-order chi connectivity index (χ1) is 9.63. The third kappa shape index (κ3) is 6.33. The number of unbranched alkanes of at least 4 members (excludes halogenated alkanes) is 2. The number of rotatable bonds is 8. The van der Waals surface area contributed by atoms with Crippen LogP contribution in [0, 0.1) is 0 Å². The van der Waals surface area contributed by atoms with Crippen molar-refractivity contribution in [1.29, 1.82) is 0 Å². The van der Waals surface area contributed by atoms with E-state index in [0.717, 1.165) is 19.3 Å². The summed E-state index contributed by atoms with van der Waals surface area (Å²) in [5, 5.41) is 14.7. The van der Waals surface area contributed by atoms with Crippen LogP contribution < -0.4 is 10.6 Å². The average Bonchev–Trinajstić information content (AvgIpc) is 2.43. The molecule has 0 saturated heterocycles. The highest BCUT2D eigenvalue weighted by molar-refractivity contribution is 5.91. The van der Waals surface area contributed by atoms with Gasteiger partial charge in [0.1, 0.15) is 0 Å². The maximum Gasteiger partial charge on any atom is 0.224 e. The molecule has 2 amide bonds. The summed E-state index contributed by atoms with van der Waals surface area (Å²) in [6.07, 6.45) is 3.00. The standard InChI is InChI=1S/C15H22N2O3/c1-12(19)16-10-6-2-3-9-15(20)17-14-8-5-4-7-13(14)11-18/h4-5,7-8,18H,2-3,6,9-11H2,1H3,(H,16,19)(H,17,20). The average molecular weight is 278 g/mol. The number of hydrogen-bond acceptors (Lipinski definition) is 3. The van der Waals surface area contributed by atoms with Crippen molar-refractivity contribution in [3.63, 3.8) is 0 Å². The van der Waals surface area contributed by atoms with Crippen LogP contribution in [0.4, 0.5) is 5.69 Å². The number of aliphatic hydroxyl groups is 1. The Kier molecular flexibility index (Phi) is 7.35. The van der Waals surface area contributed by atoms with Crippen LogP contribution in [0.5, 0.6) is 0 Å². The third-order valence-electron chi connectivity index (χ3n) is 2.92. The molecule has 0 heterocycles. The molecule has 0 spiro atoms. The Morgan fingerprint density at radius 1 is 1.15 bits per heavy atom. The van der Waals surface area contributed by atoms with Gasteiger partial charge in [0, 0.05) is 31.1 Å². The molecule has 0 unspecified atom stereocenters. The van der Waals surface area contributed by atoms with Gasteiger partial charge in [0.2, 0.25) is 11.8 Å². The van der Waals surface area contributed by atoms with Crippen molar-refractivity contribution in [2.75, 3.05) is 11.9 Å². The quantitative estimate of drug-likeness (QED) is 0.635. The number of nitrogens with one attached hydrogen (secondary N) is 2. The van der Waals surface area contributed by atoms with E-state index in [-0.39, 0.29) is 18.4 Å². The van der Waals surface area contributed by atoms with E-state index in [2.05, 4.69) is 10.6 Å². The monoisotopic (exact) mass is 278 g/mol. The zero-order chi connectivity index (χ0) is 14.8. The second kappa shape index (κ2) is 9.09. The van der Waals surface area contributed by atoms with Gasteiger partial charge in [0.15, 0.2) is 0 Å². The lowest BCUT2D eigenvalue weighted by Gasteiger charge is -2.09. The third-order valence-corrected chi connectivity index (χ3v) is 2.92. The van der Waals surface area contributed by atoms with Gasteiger partial charge in [-0.25, -0.2) is 0 Å². The van der Waals surface area contributed by atoms with E-state index in [4.69, 9.17) is 5.11 Å². The Bertz CT molecular complexity index is 446. The number of anilines is 1. The Labute approximate surface area is 119 Å². The Hall–Kier alpha value is -1.88. The maximum atomic E-state index is 11.8. The Morgan fingerprint density at radius 3 is 2.60 bits per heavy atom. The minimum atomic E-state index is -0.0901. The van der Waals surface area contributed by atoms with Gasteiger partial charge in [-0.1, -0.05) is 24.6 Å². The summed E-state index contributed by atoms with van der Waals surface area (Å²) in [6.45, 7) is 2.06. The largest absolute Gasteiger partial charge is 0.392 e. The fraction of sp³-hybridized carbons (Fsp3) is 0.467. The normalized spacial score (nSPS) is 10.1. The van der Waals surface area contributed by atoms with Crippen LogP contribution in [0.1, 0.15) is 38.2 Å². The molecule has 0 fully saturated rings. The highest BCUT2D eigenvalue weighted by Gasteiger charge is 2.05. The van der Waals surface area contributed by atoms with Gasteiger partial charge in [-0.3, -0.25) is 9.59 Å². The highest BCUT2D eigenvalue weighted by atomic mass is 16.3. The number of para-hydroxylation sites is 1. The molecule has 0 aromatic heterocycles. The van der Waals surface area contributed by atoms with Crippen LogP contribution in [0.3, 0.4) is 0 Å². The van der Waals surface area contributed by atoms with E-state index in [1.54, 1.807) is 12.1 Å². The molecule has 0 aliphatic carbocycles. The molecule has 0 radical (unpaired) electrons. The van der Waals surface area contributed by atoms with Crippen molar-refractivity contribution in [3.05, 3.63) is 29.8 Å². The molecule has 1 aromatic rings. The zero-order valence-electron chi connectivity index (χ0n) is 11.8. The maximum absolute atomic E-state index is 11.8. The first kappa shape index (κ1) is 16.2. The molecular formula is C15H22N2O3. The molecule has 0 aliphatic heterocycles. The van der Waals surface area contributed by atoms with Crippen molar-refractivity contribution in [3.8, 4) is 0 Å². The fourth-order valence-electron chi connectivity index (χ4n) is 1.84. The van der Waals surface area contributed by atoms with Crippen LogP contribution in [0.25, 0.3) is 0 Å². The fourth-order valence-corrected chi connectivity index (χ4v) is 1.84. The number of hydrogen-bond donors (Lipinski definition) is 3. The van der Waals surface area contributed by atoms with Crippen LogP contribution in [-0.4, -0.2) is 23.5 Å². The predicted molar refractivity (Wildman–Crippen MR) is 78.1 cm³/mol. The molecule has 1 aromatic carbocycles. The molecular weight excluding hydrogens is 256 g/mol. The van der Waals surface area contributed by atoms with Crippen molar-refractivity contribution in [2.24, 2.45) is 0 Å². The van der Waals surface area contributed by atoms with Gasteiger partial charge in [-0.2, -0.15) is 0 Å². The topological polar surface area (TPSA) is 78.4 Å². The van der Waals surface area contributed by atoms with Crippen LogP contribution in [0.15, 0.2) is 24.3 Å². The van der Waals surface area contributed by atoms with Crippen molar-refractivity contribution < 1.29 is 14.7 Å². The lowest BCUT2D eigenvalue weighted by atomic mass is 10.1. The second-order valence-corrected chi connectivity index (χ2v) is 4.66. The van der Waals surface area contributed by atoms with E-state index in [0.29, 0.717) is 24.2 Å². The number of benzene rings is 1. The van der Waals surface area contributed by atoms with Crippen LogP contribution in [0.2, 0.25) is 0 Å². The van der Waals surface area contributed by atoms with Gasteiger partial charge >= 0.3 is 0 Å². The minimum absolute atomic E-state index is 0.0247. The lowest BCUT2D eigenvalue weighted by Crippen LogP contribution is -2.20. The predicted octanol–water partition coefficient (Wildman–Crippen LogP) is 1.81. The number of aliphatic hydroxyl groups excluding tert-OH is 1. The molecule has 0 atom stereocenters. The Morgan fingerprint density at radius 2 is 1.90 bits per heavy atom. The molecule has 110 valence electrons. The van der Waals surface area contributed by atoms with Crippen molar-refractivity contribution in [1.82, 2.24) is 5.32 Å². The summed E-state index contributed by atoms with van der Waals surface area (Å²) < 4.78 is 0. The van der Waals surface area contributed by atoms with Crippen LogP contribution >= 0.6 is 0 Å². The van der Waals surface area contributed by atoms with Gasteiger partial charge in [-0.05, 0) is 18.9 Å².